The van der Waals surface area contributed by atoms with E-state index in [0.717, 1.165) is 34.4 Å². The minimum atomic E-state index is -0.261. The average Bonchev–Trinajstić information content (AvgIpc) is 3.30. The third-order valence-electron chi connectivity index (χ3n) is 5.59. The summed E-state index contributed by atoms with van der Waals surface area (Å²) in [6.45, 7) is 4.47. The fourth-order valence-corrected chi connectivity index (χ4v) is 4.77. The number of hydrogen-bond donors (Lipinski definition) is 1. The summed E-state index contributed by atoms with van der Waals surface area (Å²) in [6, 6.07) is 9.86. The van der Waals surface area contributed by atoms with Gasteiger partial charge in [-0.05, 0) is 25.5 Å². The van der Waals surface area contributed by atoms with E-state index in [1.54, 1.807) is 11.3 Å². The molecule has 146 valence electrons. The Balaban J connectivity index is 1.19. The first-order valence-electron chi connectivity index (χ1n) is 9.64. The van der Waals surface area contributed by atoms with Gasteiger partial charge in [0.25, 0.3) is 5.91 Å². The van der Waals surface area contributed by atoms with Crippen LogP contribution in [0.1, 0.15) is 34.0 Å². The largest absolute Gasteiger partial charge is 0.372 e. The van der Waals surface area contributed by atoms with E-state index in [0.29, 0.717) is 32.0 Å². The number of thiazole rings is 1. The van der Waals surface area contributed by atoms with Crippen molar-refractivity contribution >= 4 is 28.1 Å². The zero-order valence-corrected chi connectivity index (χ0v) is 16.6. The van der Waals surface area contributed by atoms with Gasteiger partial charge in [0, 0.05) is 29.3 Å². The average molecular weight is 398 g/mol. The Labute approximate surface area is 167 Å². The number of nitrogens with zero attached hydrogens (tertiary/aromatic N) is 2. The molecule has 2 fully saturated rings. The van der Waals surface area contributed by atoms with Crippen molar-refractivity contribution in [2.24, 2.45) is 0 Å². The van der Waals surface area contributed by atoms with E-state index in [1.807, 2.05) is 42.2 Å². The van der Waals surface area contributed by atoms with Gasteiger partial charge in [-0.15, -0.1) is 11.3 Å². The second-order valence-electron chi connectivity index (χ2n) is 7.75. The number of aromatic amines is 1. The molecule has 0 saturated carbocycles. The van der Waals surface area contributed by atoms with E-state index >= 15 is 0 Å². The monoisotopic (exact) mass is 397 g/mol. The minimum absolute atomic E-state index is 0.0337. The first-order valence-corrected chi connectivity index (χ1v) is 10.5. The van der Waals surface area contributed by atoms with E-state index < -0.39 is 0 Å². The van der Waals surface area contributed by atoms with Gasteiger partial charge in [0.1, 0.15) is 11.3 Å². The second kappa shape index (κ2) is 6.99. The molecule has 2 saturated heterocycles. The van der Waals surface area contributed by atoms with Crippen molar-refractivity contribution in [1.29, 1.82) is 0 Å². The van der Waals surface area contributed by atoms with Crippen LogP contribution in [0.4, 0.5) is 0 Å². The van der Waals surface area contributed by atoms with Crippen LogP contribution < -0.4 is 0 Å². The third-order valence-corrected chi connectivity index (χ3v) is 6.41. The Morgan fingerprint density at radius 1 is 1.43 bits per heavy atom. The zero-order chi connectivity index (χ0) is 19.1. The highest BCUT2D eigenvalue weighted by atomic mass is 32.1. The van der Waals surface area contributed by atoms with Gasteiger partial charge in [-0.2, -0.15) is 0 Å². The number of carbonyl (C=O) groups is 1. The molecule has 2 aromatic heterocycles. The number of rotatable bonds is 4. The van der Waals surface area contributed by atoms with Crippen LogP contribution in [-0.4, -0.2) is 52.2 Å². The van der Waals surface area contributed by atoms with Crippen LogP contribution in [-0.2, 0) is 16.1 Å². The number of nitrogens with one attached hydrogen (secondary N) is 1. The Hall–Kier alpha value is -2.22. The molecule has 5 rings (SSSR count). The molecule has 1 atom stereocenters. The Morgan fingerprint density at radius 2 is 2.29 bits per heavy atom. The summed E-state index contributed by atoms with van der Waals surface area (Å²) < 4.78 is 12.2. The van der Waals surface area contributed by atoms with Crippen molar-refractivity contribution < 1.29 is 14.3 Å². The fourth-order valence-electron chi connectivity index (χ4n) is 4.18. The normalized spacial score (nSPS) is 21.2. The van der Waals surface area contributed by atoms with E-state index in [9.17, 15) is 4.79 Å². The van der Waals surface area contributed by atoms with Gasteiger partial charge in [0.15, 0.2) is 0 Å². The number of carbonyl (C=O) groups excluding carboxylic acids is 1. The van der Waals surface area contributed by atoms with Crippen molar-refractivity contribution in [3.05, 3.63) is 52.1 Å². The molecule has 3 aromatic rings. The van der Waals surface area contributed by atoms with Crippen molar-refractivity contribution in [3.63, 3.8) is 0 Å². The van der Waals surface area contributed by atoms with Gasteiger partial charge in [-0.1, -0.05) is 18.2 Å². The molecule has 6 nitrogen and oxygen atoms in total. The van der Waals surface area contributed by atoms with E-state index in [4.69, 9.17) is 9.47 Å². The van der Waals surface area contributed by atoms with Crippen LogP contribution in [0.3, 0.4) is 0 Å². The van der Waals surface area contributed by atoms with Crippen molar-refractivity contribution in [2.75, 3.05) is 19.7 Å². The molecule has 1 spiro atoms. The molecule has 2 aliphatic heterocycles. The molecule has 2 aliphatic rings. The maximum absolute atomic E-state index is 12.8. The second-order valence-corrected chi connectivity index (χ2v) is 8.81. The number of benzene rings is 1. The zero-order valence-electron chi connectivity index (χ0n) is 15.8. The number of aryl methyl sites for hydroxylation is 1. The highest BCUT2D eigenvalue weighted by Gasteiger charge is 2.49. The summed E-state index contributed by atoms with van der Waals surface area (Å²) in [5.74, 6) is 0.0337. The van der Waals surface area contributed by atoms with Crippen LogP contribution >= 0.6 is 11.3 Å². The molecule has 0 aliphatic carbocycles. The molecule has 0 unspecified atom stereocenters. The highest BCUT2D eigenvalue weighted by Crippen LogP contribution is 2.36. The lowest BCUT2D eigenvalue weighted by atomic mass is 9.84. The number of fused-ring (bicyclic) bond motifs is 1. The Morgan fingerprint density at radius 3 is 3.07 bits per heavy atom. The molecule has 1 aromatic carbocycles. The maximum Gasteiger partial charge on any atom is 0.270 e. The SMILES string of the molecule is Cc1nc(CO[C@H]2CCOC3(C2)CN(C(=O)c2cc4ccccc4[nH]2)C3)cs1. The van der Waals surface area contributed by atoms with Gasteiger partial charge < -0.3 is 19.4 Å². The first-order chi connectivity index (χ1) is 13.6. The first kappa shape index (κ1) is 17.8. The summed E-state index contributed by atoms with van der Waals surface area (Å²) in [7, 11) is 0. The lowest BCUT2D eigenvalue weighted by Gasteiger charge is -2.52. The van der Waals surface area contributed by atoms with Gasteiger partial charge in [-0.25, -0.2) is 4.98 Å². The Bertz CT molecular complexity index is 972. The molecule has 1 amide bonds. The van der Waals surface area contributed by atoms with E-state index in [2.05, 4.69) is 15.3 Å². The van der Waals surface area contributed by atoms with E-state index in [1.165, 1.54) is 0 Å². The third kappa shape index (κ3) is 3.34. The summed E-state index contributed by atoms with van der Waals surface area (Å²) in [4.78, 5) is 22.4. The smallest absolute Gasteiger partial charge is 0.270 e. The molecule has 1 N–H and O–H groups in total. The summed E-state index contributed by atoms with van der Waals surface area (Å²) in [5, 5.41) is 4.17. The standard InChI is InChI=1S/C21H23N3O3S/c1-14-22-16(11-28-14)10-26-17-6-7-27-21(9-17)12-24(13-21)20(25)19-8-15-4-2-3-5-18(15)23-19/h2-5,8,11,17,23H,6-7,9-10,12-13H2,1H3/t17-/m0/s1. The number of H-pyrrole nitrogens is 1. The predicted octanol–water partition coefficient (Wildman–Crippen LogP) is 3.52. The van der Waals surface area contributed by atoms with Gasteiger partial charge >= 0.3 is 0 Å². The number of amides is 1. The summed E-state index contributed by atoms with van der Waals surface area (Å²) in [5.41, 5.74) is 2.36. The lowest BCUT2D eigenvalue weighted by molar-refractivity contribution is -0.188. The van der Waals surface area contributed by atoms with Crippen molar-refractivity contribution in [3.8, 4) is 0 Å². The lowest BCUT2D eigenvalue weighted by Crippen LogP contribution is -2.67. The Kier molecular flexibility index (Phi) is 4.45. The van der Waals surface area contributed by atoms with Crippen LogP contribution in [0, 0.1) is 6.92 Å². The number of ether oxygens (including phenoxy) is 2. The topological polar surface area (TPSA) is 67.5 Å². The molecule has 7 heteroatoms. The molecule has 0 radical (unpaired) electrons. The molecule has 28 heavy (non-hydrogen) atoms. The number of aromatic nitrogens is 2. The number of hydrogen-bond acceptors (Lipinski definition) is 5. The molecule has 0 bridgehead atoms. The van der Waals surface area contributed by atoms with Crippen molar-refractivity contribution in [1.82, 2.24) is 14.9 Å². The quantitative estimate of drug-likeness (QED) is 0.731. The van der Waals surface area contributed by atoms with Crippen LogP contribution in [0.25, 0.3) is 10.9 Å². The van der Waals surface area contributed by atoms with Gasteiger partial charge in [0.05, 0.1) is 36.5 Å². The van der Waals surface area contributed by atoms with Crippen LogP contribution in [0.5, 0.6) is 0 Å². The maximum atomic E-state index is 12.8. The van der Waals surface area contributed by atoms with Gasteiger partial charge in [0.2, 0.25) is 0 Å². The van der Waals surface area contributed by atoms with Gasteiger partial charge in [-0.3, -0.25) is 4.79 Å². The fraction of sp³-hybridized carbons (Fsp3) is 0.429. The van der Waals surface area contributed by atoms with Crippen LogP contribution in [0.2, 0.25) is 0 Å². The van der Waals surface area contributed by atoms with E-state index in [-0.39, 0.29) is 17.6 Å². The number of likely N-dealkylation sites (tertiary alicyclic amines) is 1. The molecular weight excluding hydrogens is 374 g/mol. The summed E-state index contributed by atoms with van der Waals surface area (Å²) >= 11 is 1.65. The summed E-state index contributed by atoms with van der Waals surface area (Å²) in [6.07, 6.45) is 1.87. The van der Waals surface area contributed by atoms with Crippen molar-refractivity contribution in [2.45, 2.75) is 38.1 Å². The van der Waals surface area contributed by atoms with Crippen LogP contribution in [0.15, 0.2) is 35.7 Å². The minimum Gasteiger partial charge on any atom is -0.372 e. The molecule has 4 heterocycles. The molecular formula is C21H23N3O3S. The predicted molar refractivity (Wildman–Crippen MR) is 108 cm³/mol. The highest BCUT2D eigenvalue weighted by molar-refractivity contribution is 7.09. The number of para-hydroxylation sites is 1.